The minimum atomic E-state index is -0.894. The van der Waals surface area contributed by atoms with Crippen molar-refractivity contribution in [1.29, 1.82) is 0 Å². The van der Waals surface area contributed by atoms with Crippen molar-refractivity contribution in [2.75, 3.05) is 19.8 Å². The number of benzene rings is 1. The Labute approximate surface area is 138 Å². The Bertz CT molecular complexity index is 451. The second kappa shape index (κ2) is 9.23. The van der Waals surface area contributed by atoms with Crippen LogP contribution >= 0.6 is 0 Å². The van der Waals surface area contributed by atoms with Crippen LogP contribution < -0.4 is 4.74 Å². The molecule has 2 rings (SSSR count). The zero-order chi connectivity index (χ0) is 16.7. The van der Waals surface area contributed by atoms with Crippen LogP contribution in [0.25, 0.3) is 0 Å². The lowest BCUT2D eigenvalue weighted by atomic mass is 9.96. The van der Waals surface area contributed by atoms with E-state index in [0.29, 0.717) is 19.5 Å². The fraction of sp³-hybridized carbons (Fsp3) is 0.667. The van der Waals surface area contributed by atoms with Crippen molar-refractivity contribution in [3.05, 3.63) is 29.8 Å². The summed E-state index contributed by atoms with van der Waals surface area (Å²) in [6.45, 7) is 4.07. The number of nitrogens with zero attached hydrogens (tertiary/aromatic N) is 1. The zero-order valence-corrected chi connectivity index (χ0v) is 13.9. The molecule has 0 aromatic heterocycles. The van der Waals surface area contributed by atoms with Crippen LogP contribution in [0.15, 0.2) is 24.3 Å². The molecule has 0 aliphatic carbocycles. The Morgan fingerprint density at radius 1 is 1.17 bits per heavy atom. The fourth-order valence-electron chi connectivity index (χ4n) is 2.99. The van der Waals surface area contributed by atoms with Crippen LogP contribution in [0.5, 0.6) is 5.75 Å². The van der Waals surface area contributed by atoms with E-state index in [4.69, 9.17) is 4.74 Å². The average Bonchev–Trinajstić information content (AvgIpc) is 2.57. The molecule has 0 radical (unpaired) electrons. The molecule has 23 heavy (non-hydrogen) atoms. The van der Waals surface area contributed by atoms with E-state index in [1.165, 1.54) is 12.8 Å². The third-order valence-electron chi connectivity index (χ3n) is 4.48. The van der Waals surface area contributed by atoms with Gasteiger partial charge in [-0.3, -0.25) is 4.90 Å². The molecule has 3 N–H and O–H groups in total. The van der Waals surface area contributed by atoms with E-state index in [1.54, 1.807) is 0 Å². The first-order valence-electron chi connectivity index (χ1n) is 8.58. The van der Waals surface area contributed by atoms with Gasteiger partial charge in [-0.1, -0.05) is 31.9 Å². The summed E-state index contributed by atoms with van der Waals surface area (Å²) in [5.74, 6) is 0.873. The molecule has 130 valence electrons. The lowest BCUT2D eigenvalue weighted by Gasteiger charge is -2.40. The smallest absolute Gasteiger partial charge is 0.119 e. The van der Waals surface area contributed by atoms with Gasteiger partial charge in [0.25, 0.3) is 0 Å². The average molecular weight is 323 g/mol. The lowest BCUT2D eigenvalue weighted by molar-refractivity contribution is -0.0920. The van der Waals surface area contributed by atoms with E-state index in [0.717, 1.165) is 24.3 Å². The van der Waals surface area contributed by atoms with Crippen LogP contribution in [0, 0.1) is 0 Å². The maximum atomic E-state index is 10.00. The topological polar surface area (TPSA) is 73.2 Å². The quantitative estimate of drug-likeness (QED) is 0.633. The molecule has 5 nitrogen and oxygen atoms in total. The van der Waals surface area contributed by atoms with E-state index < -0.39 is 18.2 Å². The largest absolute Gasteiger partial charge is 0.494 e. The van der Waals surface area contributed by atoms with Gasteiger partial charge in [-0.15, -0.1) is 0 Å². The summed E-state index contributed by atoms with van der Waals surface area (Å²) in [5.41, 5.74) is 1.10. The molecule has 1 saturated heterocycles. The summed E-state index contributed by atoms with van der Waals surface area (Å²) in [7, 11) is 0. The maximum Gasteiger partial charge on any atom is 0.119 e. The van der Waals surface area contributed by atoms with Gasteiger partial charge in [0.2, 0.25) is 0 Å². The normalized spacial score (nSPS) is 25.5. The van der Waals surface area contributed by atoms with Crippen molar-refractivity contribution in [2.45, 2.75) is 57.4 Å². The predicted molar refractivity (Wildman–Crippen MR) is 89.4 cm³/mol. The first-order valence-corrected chi connectivity index (χ1v) is 8.58. The lowest BCUT2D eigenvalue weighted by Crippen LogP contribution is -2.55. The third kappa shape index (κ3) is 5.18. The Kier molecular flexibility index (Phi) is 7.30. The van der Waals surface area contributed by atoms with Crippen molar-refractivity contribution in [2.24, 2.45) is 0 Å². The second-order valence-electron chi connectivity index (χ2n) is 6.27. The molecule has 1 fully saturated rings. The summed E-state index contributed by atoms with van der Waals surface area (Å²) in [6, 6.07) is 7.54. The number of aliphatic hydroxyl groups is 3. The minimum Gasteiger partial charge on any atom is -0.494 e. The first kappa shape index (κ1) is 18.2. The number of ether oxygens (including phenoxy) is 1. The Hall–Kier alpha value is -1.14. The minimum absolute atomic E-state index is 0.156. The van der Waals surface area contributed by atoms with Crippen LogP contribution in [-0.2, 0) is 6.54 Å². The highest BCUT2D eigenvalue weighted by Crippen LogP contribution is 2.21. The molecule has 0 saturated carbocycles. The number of piperidine rings is 1. The SMILES string of the molecule is CCCCCOc1ccc(CN2CC[C@@H](O)[C@H](O)[C@H]2CO)cc1. The predicted octanol–water partition coefficient (Wildman–Crippen LogP) is 1.54. The van der Waals surface area contributed by atoms with E-state index in [1.807, 2.05) is 29.2 Å². The number of aliphatic hydroxyl groups excluding tert-OH is 3. The number of rotatable bonds is 8. The van der Waals surface area contributed by atoms with Gasteiger partial charge in [0.05, 0.1) is 31.5 Å². The van der Waals surface area contributed by atoms with E-state index >= 15 is 0 Å². The van der Waals surface area contributed by atoms with Gasteiger partial charge in [0.15, 0.2) is 0 Å². The number of unbranched alkanes of at least 4 members (excludes halogenated alkanes) is 2. The third-order valence-corrected chi connectivity index (χ3v) is 4.48. The van der Waals surface area contributed by atoms with E-state index in [9.17, 15) is 15.3 Å². The van der Waals surface area contributed by atoms with Gasteiger partial charge in [-0.25, -0.2) is 0 Å². The molecule has 0 amide bonds. The summed E-state index contributed by atoms with van der Waals surface area (Å²) < 4.78 is 5.70. The van der Waals surface area contributed by atoms with Crippen molar-refractivity contribution < 1.29 is 20.1 Å². The standard InChI is InChI=1S/C18H29NO4/c1-2-3-4-11-23-15-7-5-14(6-8-15)12-19-10-9-17(21)18(22)16(19)13-20/h5-8,16-18,20-22H,2-4,9-13H2,1H3/t16-,17-,18-/m1/s1. The highest BCUT2D eigenvalue weighted by Gasteiger charge is 2.35. The molecular formula is C18H29NO4. The van der Waals surface area contributed by atoms with Crippen molar-refractivity contribution >= 4 is 0 Å². The van der Waals surface area contributed by atoms with Gasteiger partial charge in [0.1, 0.15) is 5.75 Å². The van der Waals surface area contributed by atoms with Crippen molar-refractivity contribution in [1.82, 2.24) is 4.90 Å². The van der Waals surface area contributed by atoms with Gasteiger partial charge < -0.3 is 20.1 Å². The Morgan fingerprint density at radius 2 is 1.91 bits per heavy atom. The molecule has 1 aliphatic rings. The van der Waals surface area contributed by atoms with E-state index in [2.05, 4.69) is 6.92 Å². The second-order valence-corrected chi connectivity index (χ2v) is 6.27. The molecule has 0 spiro atoms. The fourth-order valence-corrected chi connectivity index (χ4v) is 2.99. The number of likely N-dealkylation sites (tertiary alicyclic amines) is 1. The Balaban J connectivity index is 1.87. The highest BCUT2D eigenvalue weighted by atomic mass is 16.5. The summed E-state index contributed by atoms with van der Waals surface area (Å²) in [5, 5.41) is 29.2. The van der Waals surface area contributed by atoms with Gasteiger partial charge in [-0.05, 0) is 30.5 Å². The van der Waals surface area contributed by atoms with Crippen LogP contribution in [0.2, 0.25) is 0 Å². The number of hydrogen-bond donors (Lipinski definition) is 3. The van der Waals surface area contributed by atoms with Gasteiger partial charge >= 0.3 is 0 Å². The molecule has 1 heterocycles. The molecule has 3 atom stereocenters. The molecule has 1 aliphatic heterocycles. The summed E-state index contributed by atoms with van der Waals surface area (Å²) >= 11 is 0. The van der Waals surface area contributed by atoms with Gasteiger partial charge in [-0.2, -0.15) is 0 Å². The molecule has 0 bridgehead atoms. The Morgan fingerprint density at radius 3 is 2.57 bits per heavy atom. The monoisotopic (exact) mass is 323 g/mol. The molecule has 0 unspecified atom stereocenters. The van der Waals surface area contributed by atoms with Crippen molar-refractivity contribution in [3.63, 3.8) is 0 Å². The molecular weight excluding hydrogens is 294 g/mol. The summed E-state index contributed by atoms with van der Waals surface area (Å²) in [4.78, 5) is 2.02. The number of hydrogen-bond acceptors (Lipinski definition) is 5. The van der Waals surface area contributed by atoms with Crippen LogP contribution in [0.4, 0.5) is 0 Å². The molecule has 5 heteroatoms. The van der Waals surface area contributed by atoms with Crippen molar-refractivity contribution in [3.8, 4) is 5.75 Å². The van der Waals surface area contributed by atoms with Crippen LogP contribution in [0.1, 0.15) is 38.2 Å². The zero-order valence-electron chi connectivity index (χ0n) is 13.9. The highest BCUT2D eigenvalue weighted by molar-refractivity contribution is 5.27. The van der Waals surface area contributed by atoms with E-state index in [-0.39, 0.29) is 6.61 Å². The first-order chi connectivity index (χ1) is 11.2. The summed E-state index contributed by atoms with van der Waals surface area (Å²) in [6.07, 6.45) is 2.33. The molecule has 1 aromatic carbocycles. The maximum absolute atomic E-state index is 10.00. The van der Waals surface area contributed by atoms with Crippen LogP contribution in [-0.4, -0.2) is 58.2 Å². The van der Waals surface area contributed by atoms with Crippen LogP contribution in [0.3, 0.4) is 0 Å². The van der Waals surface area contributed by atoms with Gasteiger partial charge in [0, 0.05) is 13.1 Å². The molecule has 1 aromatic rings.